The van der Waals surface area contributed by atoms with Crippen molar-refractivity contribution in [2.45, 2.75) is 33.2 Å². The lowest BCUT2D eigenvalue weighted by Crippen LogP contribution is -2.32. The summed E-state index contributed by atoms with van der Waals surface area (Å²) < 4.78 is 12.7. The van der Waals surface area contributed by atoms with Gasteiger partial charge in [0.1, 0.15) is 5.82 Å². The van der Waals surface area contributed by atoms with E-state index in [1.807, 2.05) is 12.1 Å². The highest BCUT2D eigenvalue weighted by Gasteiger charge is 2.06. The number of benzene rings is 1. The van der Waals surface area contributed by atoms with Crippen LogP contribution in [0.1, 0.15) is 26.3 Å². The first-order valence-electron chi connectivity index (χ1n) is 5.62. The fourth-order valence-corrected chi connectivity index (χ4v) is 1.71. The van der Waals surface area contributed by atoms with Gasteiger partial charge in [0.05, 0.1) is 0 Å². The Morgan fingerprint density at radius 3 is 2.27 bits per heavy atom. The van der Waals surface area contributed by atoms with Crippen LogP contribution in [0.2, 0.25) is 0 Å². The van der Waals surface area contributed by atoms with Gasteiger partial charge < -0.3 is 4.90 Å². The molecule has 0 unspecified atom stereocenters. The summed E-state index contributed by atoms with van der Waals surface area (Å²) in [5, 5.41) is 0. The third-order valence-corrected chi connectivity index (χ3v) is 2.74. The Hall–Kier alpha value is -0.890. The predicted octanol–water partition coefficient (Wildman–Crippen LogP) is 3.10. The second-order valence-electron chi connectivity index (χ2n) is 4.10. The van der Waals surface area contributed by atoms with Gasteiger partial charge in [0, 0.05) is 12.6 Å². The van der Waals surface area contributed by atoms with E-state index in [9.17, 15) is 4.39 Å². The maximum absolute atomic E-state index is 12.7. The van der Waals surface area contributed by atoms with Crippen molar-refractivity contribution in [2.24, 2.45) is 0 Å². The number of nitrogens with zero attached hydrogens (tertiary/aromatic N) is 1. The van der Waals surface area contributed by atoms with Gasteiger partial charge in [-0.15, -0.1) is 0 Å². The van der Waals surface area contributed by atoms with Crippen LogP contribution in [0.3, 0.4) is 0 Å². The van der Waals surface area contributed by atoms with Crippen molar-refractivity contribution < 1.29 is 4.39 Å². The number of halogens is 1. The maximum atomic E-state index is 12.7. The molecule has 0 bridgehead atoms. The lowest BCUT2D eigenvalue weighted by atomic mass is 10.1. The predicted molar refractivity (Wildman–Crippen MR) is 62.5 cm³/mol. The zero-order valence-electron chi connectivity index (χ0n) is 9.83. The molecular formula is C13H20FN. The van der Waals surface area contributed by atoms with E-state index in [0.717, 1.165) is 19.5 Å². The summed E-state index contributed by atoms with van der Waals surface area (Å²) in [4.78, 5) is 2.41. The standard InChI is InChI=1S/C13H20FN/c1-4-15(11(2)3)10-9-12-5-7-13(14)8-6-12/h5-8,11H,4,9-10H2,1-3H3. The van der Waals surface area contributed by atoms with Crippen LogP contribution in [0, 0.1) is 5.82 Å². The van der Waals surface area contributed by atoms with Gasteiger partial charge in [0.15, 0.2) is 0 Å². The molecule has 0 amide bonds. The Balaban J connectivity index is 2.45. The van der Waals surface area contributed by atoms with E-state index in [4.69, 9.17) is 0 Å². The minimum Gasteiger partial charge on any atom is -0.301 e. The molecule has 84 valence electrons. The molecule has 0 fully saturated rings. The Morgan fingerprint density at radius 1 is 1.20 bits per heavy atom. The first-order valence-corrected chi connectivity index (χ1v) is 5.62. The summed E-state index contributed by atoms with van der Waals surface area (Å²) in [6.07, 6.45) is 0.992. The van der Waals surface area contributed by atoms with Crippen molar-refractivity contribution >= 4 is 0 Å². The largest absolute Gasteiger partial charge is 0.301 e. The highest BCUT2D eigenvalue weighted by molar-refractivity contribution is 5.16. The van der Waals surface area contributed by atoms with Gasteiger partial charge in [-0.2, -0.15) is 0 Å². The van der Waals surface area contributed by atoms with Gasteiger partial charge in [0.2, 0.25) is 0 Å². The third kappa shape index (κ3) is 4.00. The smallest absolute Gasteiger partial charge is 0.123 e. The summed E-state index contributed by atoms with van der Waals surface area (Å²) in [6.45, 7) is 8.69. The Kier molecular flexibility index (Phi) is 4.76. The summed E-state index contributed by atoms with van der Waals surface area (Å²) in [7, 11) is 0. The van der Waals surface area contributed by atoms with Crippen molar-refractivity contribution in [3.05, 3.63) is 35.6 Å². The Morgan fingerprint density at radius 2 is 1.80 bits per heavy atom. The number of hydrogen-bond acceptors (Lipinski definition) is 1. The molecule has 1 aromatic carbocycles. The topological polar surface area (TPSA) is 3.24 Å². The van der Waals surface area contributed by atoms with E-state index in [1.54, 1.807) is 0 Å². The second-order valence-corrected chi connectivity index (χ2v) is 4.10. The van der Waals surface area contributed by atoms with Gasteiger partial charge in [-0.3, -0.25) is 0 Å². The fraction of sp³-hybridized carbons (Fsp3) is 0.538. The van der Waals surface area contributed by atoms with E-state index in [1.165, 1.54) is 17.7 Å². The van der Waals surface area contributed by atoms with E-state index in [-0.39, 0.29) is 5.82 Å². The minimum absolute atomic E-state index is 0.157. The number of rotatable bonds is 5. The van der Waals surface area contributed by atoms with Crippen molar-refractivity contribution in [3.63, 3.8) is 0 Å². The van der Waals surface area contributed by atoms with Crippen LogP contribution in [0.15, 0.2) is 24.3 Å². The molecule has 0 saturated heterocycles. The molecule has 15 heavy (non-hydrogen) atoms. The summed E-state index contributed by atoms with van der Waals surface area (Å²) in [6, 6.07) is 7.37. The van der Waals surface area contributed by atoms with E-state index in [0.29, 0.717) is 6.04 Å². The van der Waals surface area contributed by atoms with Crippen molar-refractivity contribution in [2.75, 3.05) is 13.1 Å². The molecule has 0 aromatic heterocycles. The fourth-order valence-electron chi connectivity index (χ4n) is 1.71. The van der Waals surface area contributed by atoms with Crippen LogP contribution in [0.25, 0.3) is 0 Å². The summed E-state index contributed by atoms with van der Waals surface area (Å²) in [5.74, 6) is -0.157. The van der Waals surface area contributed by atoms with Crippen LogP contribution in [0.4, 0.5) is 4.39 Å². The van der Waals surface area contributed by atoms with Gasteiger partial charge in [-0.25, -0.2) is 4.39 Å². The Labute approximate surface area is 91.9 Å². The highest BCUT2D eigenvalue weighted by atomic mass is 19.1. The lowest BCUT2D eigenvalue weighted by molar-refractivity contribution is 0.236. The van der Waals surface area contributed by atoms with Crippen molar-refractivity contribution in [1.29, 1.82) is 0 Å². The second kappa shape index (κ2) is 5.86. The molecule has 2 heteroatoms. The maximum Gasteiger partial charge on any atom is 0.123 e. The molecule has 1 aromatic rings. The monoisotopic (exact) mass is 209 g/mol. The van der Waals surface area contributed by atoms with Crippen molar-refractivity contribution in [1.82, 2.24) is 4.90 Å². The molecule has 0 spiro atoms. The van der Waals surface area contributed by atoms with Crippen LogP contribution >= 0.6 is 0 Å². The summed E-state index contributed by atoms with van der Waals surface area (Å²) in [5.41, 5.74) is 1.20. The molecule has 0 saturated carbocycles. The first-order chi connectivity index (χ1) is 7.13. The average molecular weight is 209 g/mol. The zero-order chi connectivity index (χ0) is 11.3. The molecule has 0 aliphatic carbocycles. The van der Waals surface area contributed by atoms with Crippen LogP contribution in [-0.2, 0) is 6.42 Å². The van der Waals surface area contributed by atoms with Gasteiger partial charge in [-0.1, -0.05) is 19.1 Å². The molecule has 0 aliphatic heterocycles. The van der Waals surface area contributed by atoms with Gasteiger partial charge >= 0.3 is 0 Å². The lowest BCUT2D eigenvalue weighted by Gasteiger charge is -2.24. The van der Waals surface area contributed by atoms with Crippen LogP contribution < -0.4 is 0 Å². The van der Waals surface area contributed by atoms with Gasteiger partial charge in [-0.05, 0) is 44.5 Å². The zero-order valence-corrected chi connectivity index (χ0v) is 9.83. The molecule has 0 N–H and O–H groups in total. The summed E-state index contributed by atoms with van der Waals surface area (Å²) >= 11 is 0. The number of likely N-dealkylation sites (N-methyl/N-ethyl adjacent to an activating group) is 1. The Bertz CT molecular complexity index is 279. The normalized spacial score (nSPS) is 11.3. The molecule has 0 heterocycles. The van der Waals surface area contributed by atoms with Crippen molar-refractivity contribution in [3.8, 4) is 0 Å². The van der Waals surface area contributed by atoms with Crippen LogP contribution in [0.5, 0.6) is 0 Å². The van der Waals surface area contributed by atoms with Gasteiger partial charge in [0.25, 0.3) is 0 Å². The average Bonchev–Trinajstić information content (AvgIpc) is 2.21. The number of hydrogen-bond donors (Lipinski definition) is 0. The van der Waals surface area contributed by atoms with Crippen LogP contribution in [-0.4, -0.2) is 24.0 Å². The minimum atomic E-state index is -0.157. The molecule has 0 aliphatic rings. The first kappa shape index (κ1) is 12.2. The van der Waals surface area contributed by atoms with E-state index >= 15 is 0 Å². The third-order valence-electron chi connectivity index (χ3n) is 2.74. The molecule has 0 radical (unpaired) electrons. The molecular weight excluding hydrogens is 189 g/mol. The quantitative estimate of drug-likeness (QED) is 0.720. The SMILES string of the molecule is CCN(CCc1ccc(F)cc1)C(C)C. The van der Waals surface area contributed by atoms with E-state index in [2.05, 4.69) is 25.7 Å². The van der Waals surface area contributed by atoms with E-state index < -0.39 is 0 Å². The molecule has 1 nitrogen and oxygen atoms in total. The highest BCUT2D eigenvalue weighted by Crippen LogP contribution is 2.06. The molecule has 1 rings (SSSR count). The molecule has 0 atom stereocenters.